The Hall–Kier alpha value is -3.70. The summed E-state index contributed by atoms with van der Waals surface area (Å²) in [6, 6.07) is 23.8. The lowest BCUT2D eigenvalue weighted by atomic mass is 9.91. The molecule has 0 spiro atoms. The Morgan fingerprint density at radius 3 is 2.31 bits per heavy atom. The fourth-order valence-corrected chi connectivity index (χ4v) is 4.34. The van der Waals surface area contributed by atoms with Gasteiger partial charge in [-0.05, 0) is 66.9 Å². The number of rotatable bonds is 5. The lowest BCUT2D eigenvalue weighted by Gasteiger charge is -2.19. The molecule has 32 heavy (non-hydrogen) atoms. The molecule has 5 heteroatoms. The van der Waals surface area contributed by atoms with Crippen LogP contribution in [0.25, 0.3) is 16.7 Å². The molecule has 2 aliphatic rings. The summed E-state index contributed by atoms with van der Waals surface area (Å²) in [4.78, 5) is 27.5. The molecule has 0 saturated carbocycles. The molecule has 0 unspecified atom stereocenters. The maximum absolute atomic E-state index is 12.6. The zero-order chi connectivity index (χ0) is 21.9. The van der Waals surface area contributed by atoms with Crippen LogP contribution in [0.3, 0.4) is 0 Å². The molecule has 2 N–H and O–H groups in total. The highest BCUT2D eigenvalue weighted by atomic mass is 16.2. The number of imide groups is 1. The second-order valence-electron chi connectivity index (χ2n) is 8.29. The second kappa shape index (κ2) is 8.81. The van der Waals surface area contributed by atoms with Gasteiger partial charge in [0.25, 0.3) is 11.8 Å². The molecule has 3 aromatic rings. The number of carbonyl (C=O) groups is 2. The number of amides is 2. The van der Waals surface area contributed by atoms with Gasteiger partial charge in [-0.15, -0.1) is 0 Å². The fraction of sp³-hybridized carbons (Fsp3) is 0.185. The van der Waals surface area contributed by atoms with Crippen molar-refractivity contribution in [2.24, 2.45) is 0 Å². The van der Waals surface area contributed by atoms with Crippen LogP contribution in [0.1, 0.15) is 34.3 Å². The quantitative estimate of drug-likeness (QED) is 0.462. The van der Waals surface area contributed by atoms with Gasteiger partial charge in [0.1, 0.15) is 0 Å². The third-order valence-electron chi connectivity index (χ3n) is 6.08. The molecule has 0 bridgehead atoms. The summed E-state index contributed by atoms with van der Waals surface area (Å²) in [5.74, 6) is -0.765. The van der Waals surface area contributed by atoms with E-state index in [9.17, 15) is 9.59 Å². The van der Waals surface area contributed by atoms with E-state index in [0.717, 1.165) is 23.4 Å². The molecule has 0 aromatic heterocycles. The van der Waals surface area contributed by atoms with Gasteiger partial charge < -0.3 is 5.32 Å². The van der Waals surface area contributed by atoms with Gasteiger partial charge in [-0.1, -0.05) is 48.5 Å². The topological polar surface area (TPSA) is 61.4 Å². The van der Waals surface area contributed by atoms with Gasteiger partial charge in [-0.25, -0.2) is 0 Å². The summed E-state index contributed by atoms with van der Waals surface area (Å²) >= 11 is 0. The molecule has 3 aromatic carbocycles. The van der Waals surface area contributed by atoms with Crippen molar-refractivity contribution < 1.29 is 9.59 Å². The van der Waals surface area contributed by atoms with Gasteiger partial charge in [0, 0.05) is 29.6 Å². The Kier molecular flexibility index (Phi) is 5.57. The van der Waals surface area contributed by atoms with Crippen LogP contribution in [0.15, 0.2) is 79.0 Å². The van der Waals surface area contributed by atoms with Gasteiger partial charge in [0.15, 0.2) is 0 Å². The molecule has 2 heterocycles. The SMILES string of the molecule is O=C1NC(=O)c2ccc(-c3ccccc3)cc2C1=CNc1ccc(CN2CCCC2)cc1. The van der Waals surface area contributed by atoms with E-state index in [4.69, 9.17) is 0 Å². The van der Waals surface area contributed by atoms with Crippen molar-refractivity contribution in [1.29, 1.82) is 0 Å². The van der Waals surface area contributed by atoms with Crippen LogP contribution >= 0.6 is 0 Å². The molecule has 0 radical (unpaired) electrons. The smallest absolute Gasteiger partial charge is 0.260 e. The first-order valence-electron chi connectivity index (χ1n) is 11.0. The number of fused-ring (bicyclic) bond motifs is 1. The summed E-state index contributed by atoms with van der Waals surface area (Å²) in [6.07, 6.45) is 4.25. The number of benzene rings is 3. The summed E-state index contributed by atoms with van der Waals surface area (Å²) in [5, 5.41) is 5.67. The maximum atomic E-state index is 12.6. The number of nitrogens with zero attached hydrogens (tertiary/aromatic N) is 1. The Labute approximate surface area is 187 Å². The molecule has 1 saturated heterocycles. The summed E-state index contributed by atoms with van der Waals surface area (Å²) in [7, 11) is 0. The van der Waals surface area contributed by atoms with Crippen molar-refractivity contribution in [3.8, 4) is 11.1 Å². The monoisotopic (exact) mass is 423 g/mol. The van der Waals surface area contributed by atoms with E-state index >= 15 is 0 Å². The van der Waals surface area contributed by atoms with E-state index in [2.05, 4.69) is 27.7 Å². The lowest BCUT2D eigenvalue weighted by Crippen LogP contribution is -2.36. The first kappa shape index (κ1) is 20.2. The number of nitrogens with one attached hydrogen (secondary N) is 2. The van der Waals surface area contributed by atoms with E-state index in [1.54, 1.807) is 12.3 Å². The average molecular weight is 424 g/mol. The average Bonchev–Trinajstić information content (AvgIpc) is 3.33. The van der Waals surface area contributed by atoms with Crippen molar-refractivity contribution in [2.75, 3.05) is 18.4 Å². The van der Waals surface area contributed by atoms with Crippen molar-refractivity contribution in [3.05, 3.63) is 95.7 Å². The zero-order valence-electron chi connectivity index (χ0n) is 17.8. The number of hydrogen-bond donors (Lipinski definition) is 2. The second-order valence-corrected chi connectivity index (χ2v) is 8.29. The van der Waals surface area contributed by atoms with Gasteiger partial charge >= 0.3 is 0 Å². The molecule has 5 rings (SSSR count). The van der Waals surface area contributed by atoms with Crippen molar-refractivity contribution in [1.82, 2.24) is 10.2 Å². The minimum Gasteiger partial charge on any atom is -0.361 e. The van der Waals surface area contributed by atoms with Crippen LogP contribution in [0.4, 0.5) is 5.69 Å². The molecule has 1 fully saturated rings. The highest BCUT2D eigenvalue weighted by molar-refractivity contribution is 6.31. The number of hydrogen-bond acceptors (Lipinski definition) is 4. The third-order valence-corrected chi connectivity index (χ3v) is 6.08. The number of carbonyl (C=O) groups excluding carboxylic acids is 2. The Morgan fingerprint density at radius 1 is 0.812 bits per heavy atom. The van der Waals surface area contributed by atoms with Gasteiger partial charge in [-0.2, -0.15) is 0 Å². The number of likely N-dealkylation sites (tertiary alicyclic amines) is 1. The number of anilines is 1. The van der Waals surface area contributed by atoms with Crippen LogP contribution in [0.5, 0.6) is 0 Å². The minimum atomic E-state index is -0.397. The normalized spacial score (nSPS) is 17.3. The Balaban J connectivity index is 1.40. The minimum absolute atomic E-state index is 0.368. The van der Waals surface area contributed by atoms with Crippen molar-refractivity contribution in [2.45, 2.75) is 19.4 Å². The van der Waals surface area contributed by atoms with E-state index in [-0.39, 0.29) is 5.91 Å². The summed E-state index contributed by atoms with van der Waals surface area (Å²) < 4.78 is 0. The Morgan fingerprint density at radius 2 is 1.56 bits per heavy atom. The van der Waals surface area contributed by atoms with Crippen molar-refractivity contribution >= 4 is 23.1 Å². The maximum Gasteiger partial charge on any atom is 0.260 e. The first-order valence-corrected chi connectivity index (χ1v) is 11.0. The van der Waals surface area contributed by atoms with Gasteiger partial charge in [0.2, 0.25) is 0 Å². The summed E-state index contributed by atoms with van der Waals surface area (Å²) in [6.45, 7) is 3.32. The molecule has 5 nitrogen and oxygen atoms in total. The third kappa shape index (κ3) is 4.20. The molecule has 160 valence electrons. The van der Waals surface area contributed by atoms with E-state index in [1.165, 1.54) is 31.5 Å². The van der Waals surface area contributed by atoms with Gasteiger partial charge in [0.05, 0.1) is 5.57 Å². The largest absolute Gasteiger partial charge is 0.361 e. The van der Waals surface area contributed by atoms with Gasteiger partial charge in [-0.3, -0.25) is 19.8 Å². The molecular formula is C27H25N3O2. The lowest BCUT2D eigenvalue weighted by molar-refractivity contribution is -0.114. The predicted octanol–water partition coefficient (Wildman–Crippen LogP) is 4.67. The van der Waals surface area contributed by atoms with Crippen molar-refractivity contribution in [3.63, 3.8) is 0 Å². The van der Waals surface area contributed by atoms with Crippen LogP contribution in [-0.2, 0) is 11.3 Å². The fourth-order valence-electron chi connectivity index (χ4n) is 4.34. The van der Waals surface area contributed by atoms with E-state index < -0.39 is 5.91 Å². The summed E-state index contributed by atoms with van der Waals surface area (Å²) in [5.41, 5.74) is 5.76. The highest BCUT2D eigenvalue weighted by Crippen LogP contribution is 2.30. The molecule has 0 atom stereocenters. The molecular weight excluding hydrogens is 398 g/mol. The predicted molar refractivity (Wildman–Crippen MR) is 127 cm³/mol. The van der Waals surface area contributed by atoms with Crippen LogP contribution in [-0.4, -0.2) is 29.8 Å². The van der Waals surface area contributed by atoms with E-state index in [1.807, 2.05) is 54.6 Å². The first-order chi connectivity index (χ1) is 15.7. The van der Waals surface area contributed by atoms with Crippen LogP contribution in [0.2, 0.25) is 0 Å². The highest BCUT2D eigenvalue weighted by Gasteiger charge is 2.27. The van der Waals surface area contributed by atoms with E-state index in [0.29, 0.717) is 16.7 Å². The van der Waals surface area contributed by atoms with Crippen LogP contribution in [0, 0.1) is 0 Å². The zero-order valence-corrected chi connectivity index (χ0v) is 17.8. The molecule has 2 amide bonds. The Bertz CT molecular complexity index is 1180. The van der Waals surface area contributed by atoms with Crippen LogP contribution < -0.4 is 10.6 Å². The molecule has 0 aliphatic carbocycles. The standard InChI is InChI=1S/C27H25N3O2/c31-26-23-13-10-21(20-6-2-1-3-7-20)16-24(23)25(27(32)29-26)17-28-22-11-8-19(9-12-22)18-30-14-4-5-15-30/h1-3,6-13,16-17,28H,4-5,14-15,18H2,(H,29,31,32). The molecule has 2 aliphatic heterocycles.